The summed E-state index contributed by atoms with van der Waals surface area (Å²) in [5.41, 5.74) is 2.11. The smallest absolute Gasteiger partial charge is 0.410 e. The zero-order chi connectivity index (χ0) is 24.3. The molecule has 1 saturated heterocycles. The third-order valence-corrected chi connectivity index (χ3v) is 6.59. The van der Waals surface area contributed by atoms with Gasteiger partial charge in [0.2, 0.25) is 0 Å². The molecular weight excluding hydrogens is 453 g/mol. The van der Waals surface area contributed by atoms with E-state index in [9.17, 15) is 14.0 Å². The molecule has 4 rings (SSSR count). The molecule has 2 amide bonds. The van der Waals surface area contributed by atoms with Crippen LogP contribution in [0, 0.1) is 5.82 Å². The van der Waals surface area contributed by atoms with Crippen LogP contribution >= 0.6 is 11.3 Å². The number of ether oxygens (including phenoxy) is 1. The maximum absolute atomic E-state index is 13.3. The molecule has 34 heavy (non-hydrogen) atoms. The number of likely N-dealkylation sites (tertiary alicyclic amines) is 1. The fraction of sp³-hybridized carbons (Fsp3) is 0.346. The third kappa shape index (κ3) is 5.80. The van der Waals surface area contributed by atoms with Crippen LogP contribution in [0.2, 0.25) is 0 Å². The highest BCUT2D eigenvalue weighted by atomic mass is 32.1. The van der Waals surface area contributed by atoms with Gasteiger partial charge in [-0.2, -0.15) is 0 Å². The number of carbonyl (C=O) groups excluding carboxylic acids is 2. The number of hydrogen-bond donors (Lipinski definition) is 1. The fourth-order valence-corrected chi connectivity index (χ4v) is 4.85. The van der Waals surface area contributed by atoms with Gasteiger partial charge in [0.15, 0.2) is 0 Å². The van der Waals surface area contributed by atoms with Crippen LogP contribution < -0.4 is 5.32 Å². The minimum absolute atomic E-state index is 0.205. The van der Waals surface area contributed by atoms with Crippen molar-refractivity contribution in [2.24, 2.45) is 0 Å². The molecule has 178 valence electrons. The van der Waals surface area contributed by atoms with E-state index in [4.69, 9.17) is 4.74 Å². The highest BCUT2D eigenvalue weighted by molar-refractivity contribution is 7.10. The first-order valence-corrected chi connectivity index (χ1v) is 12.2. The van der Waals surface area contributed by atoms with E-state index < -0.39 is 5.60 Å². The van der Waals surface area contributed by atoms with Gasteiger partial charge in [-0.05, 0) is 57.4 Å². The number of piperidine rings is 1. The van der Waals surface area contributed by atoms with E-state index in [0.717, 1.165) is 29.0 Å². The molecule has 8 heteroatoms. The lowest BCUT2D eigenvalue weighted by Crippen LogP contribution is -2.41. The second-order valence-electron chi connectivity index (χ2n) is 9.32. The number of halogens is 1. The second kappa shape index (κ2) is 9.93. The molecule has 2 heterocycles. The highest BCUT2D eigenvalue weighted by Gasteiger charge is 2.29. The molecule has 0 aliphatic carbocycles. The van der Waals surface area contributed by atoms with E-state index >= 15 is 0 Å². The van der Waals surface area contributed by atoms with Crippen LogP contribution in [-0.2, 0) is 4.74 Å². The maximum Gasteiger partial charge on any atom is 0.410 e. The van der Waals surface area contributed by atoms with Crippen molar-refractivity contribution in [1.82, 2.24) is 9.88 Å². The molecule has 1 aliphatic rings. The summed E-state index contributed by atoms with van der Waals surface area (Å²) in [6, 6.07) is 13.6. The number of anilines is 1. The topological polar surface area (TPSA) is 71.5 Å². The Bertz CT molecular complexity index is 1160. The van der Waals surface area contributed by atoms with Gasteiger partial charge in [-0.25, -0.2) is 14.2 Å². The molecule has 1 N–H and O–H groups in total. The van der Waals surface area contributed by atoms with Crippen LogP contribution in [0.5, 0.6) is 0 Å². The van der Waals surface area contributed by atoms with Crippen molar-refractivity contribution in [3.63, 3.8) is 0 Å². The van der Waals surface area contributed by atoms with Gasteiger partial charge in [0.1, 0.15) is 17.1 Å². The Morgan fingerprint density at radius 1 is 1.09 bits per heavy atom. The molecule has 6 nitrogen and oxygen atoms in total. The standard InChI is InChI=1S/C26H28FN3O3S/c1-26(2,3)33-25(32)30-14-12-18(13-15-30)24-29-22(16-34-24)23(31)28-21-7-5-4-6-20(21)17-8-10-19(27)11-9-17/h4-11,16,18H,12-15H2,1-3H3,(H,28,31). The summed E-state index contributed by atoms with van der Waals surface area (Å²) in [6.45, 7) is 6.78. The van der Waals surface area contributed by atoms with E-state index in [0.29, 0.717) is 24.5 Å². The average Bonchev–Trinajstić information content (AvgIpc) is 3.30. The number of amides is 2. The summed E-state index contributed by atoms with van der Waals surface area (Å²) in [5.74, 6) is -0.391. The molecule has 0 atom stereocenters. The lowest BCUT2D eigenvalue weighted by molar-refractivity contribution is 0.0204. The van der Waals surface area contributed by atoms with Crippen molar-refractivity contribution in [3.8, 4) is 11.1 Å². The first kappa shape index (κ1) is 23.9. The number of aromatic nitrogens is 1. The number of hydrogen-bond acceptors (Lipinski definition) is 5. The average molecular weight is 482 g/mol. The largest absolute Gasteiger partial charge is 0.444 e. The lowest BCUT2D eigenvalue weighted by atomic mass is 9.98. The van der Waals surface area contributed by atoms with Gasteiger partial charge in [0.05, 0.1) is 5.01 Å². The van der Waals surface area contributed by atoms with Crippen molar-refractivity contribution in [2.75, 3.05) is 18.4 Å². The molecule has 1 fully saturated rings. The summed E-state index contributed by atoms with van der Waals surface area (Å²) in [4.78, 5) is 31.5. The van der Waals surface area contributed by atoms with Crippen LogP contribution in [0.4, 0.5) is 14.9 Å². The van der Waals surface area contributed by atoms with Gasteiger partial charge in [-0.3, -0.25) is 4.79 Å². The number of nitrogens with one attached hydrogen (secondary N) is 1. The Hall–Kier alpha value is -3.26. The molecule has 0 bridgehead atoms. The van der Waals surface area contributed by atoms with Gasteiger partial charge in [0.25, 0.3) is 5.91 Å². The SMILES string of the molecule is CC(C)(C)OC(=O)N1CCC(c2nc(C(=O)Nc3ccccc3-c3ccc(F)cc3)cs2)CC1. The Morgan fingerprint density at radius 3 is 2.44 bits per heavy atom. The van der Waals surface area contributed by atoms with Crippen LogP contribution in [0.3, 0.4) is 0 Å². The number of rotatable bonds is 4. The normalized spacial score (nSPS) is 14.6. The summed E-state index contributed by atoms with van der Waals surface area (Å²) in [5, 5.41) is 5.61. The van der Waals surface area contributed by atoms with E-state index in [1.54, 1.807) is 22.4 Å². The Morgan fingerprint density at radius 2 is 1.76 bits per heavy atom. The van der Waals surface area contributed by atoms with Crippen molar-refractivity contribution in [3.05, 3.63) is 70.4 Å². The molecule has 0 saturated carbocycles. The van der Waals surface area contributed by atoms with Crippen molar-refractivity contribution >= 4 is 29.0 Å². The summed E-state index contributed by atoms with van der Waals surface area (Å²) < 4.78 is 18.8. The number of benzene rings is 2. The maximum atomic E-state index is 13.3. The molecule has 3 aromatic rings. The lowest BCUT2D eigenvalue weighted by Gasteiger charge is -2.32. The van der Waals surface area contributed by atoms with Crippen LogP contribution in [0.25, 0.3) is 11.1 Å². The molecule has 0 spiro atoms. The zero-order valence-corrected chi connectivity index (χ0v) is 20.3. The van der Waals surface area contributed by atoms with Gasteiger partial charge >= 0.3 is 6.09 Å². The number of nitrogens with zero attached hydrogens (tertiary/aromatic N) is 2. The van der Waals surface area contributed by atoms with Gasteiger partial charge in [-0.1, -0.05) is 30.3 Å². The molecule has 0 radical (unpaired) electrons. The number of para-hydroxylation sites is 1. The first-order valence-electron chi connectivity index (χ1n) is 11.3. The second-order valence-corrected chi connectivity index (χ2v) is 10.2. The van der Waals surface area contributed by atoms with E-state index in [-0.39, 0.29) is 23.7 Å². The highest BCUT2D eigenvalue weighted by Crippen LogP contribution is 2.32. The summed E-state index contributed by atoms with van der Waals surface area (Å²) in [6.07, 6.45) is 1.27. The van der Waals surface area contributed by atoms with Crippen LogP contribution in [0.15, 0.2) is 53.9 Å². The third-order valence-electron chi connectivity index (χ3n) is 5.58. The molecule has 1 aliphatic heterocycles. The Labute approximate surface area is 202 Å². The Kier molecular flexibility index (Phi) is 6.97. The predicted molar refractivity (Wildman–Crippen MR) is 132 cm³/mol. The molecule has 2 aromatic carbocycles. The Balaban J connectivity index is 1.40. The van der Waals surface area contributed by atoms with Gasteiger partial charge in [-0.15, -0.1) is 11.3 Å². The minimum Gasteiger partial charge on any atom is -0.444 e. The van der Waals surface area contributed by atoms with E-state index in [2.05, 4.69) is 10.3 Å². The monoisotopic (exact) mass is 481 g/mol. The minimum atomic E-state index is -0.513. The van der Waals surface area contributed by atoms with E-state index in [1.807, 2.05) is 45.0 Å². The molecule has 1 aromatic heterocycles. The number of carbonyl (C=O) groups is 2. The van der Waals surface area contributed by atoms with Gasteiger partial charge in [0, 0.05) is 35.6 Å². The molecular formula is C26H28FN3O3S. The van der Waals surface area contributed by atoms with Crippen LogP contribution in [-0.4, -0.2) is 40.6 Å². The van der Waals surface area contributed by atoms with Crippen molar-refractivity contribution < 1.29 is 18.7 Å². The number of thiazole rings is 1. The predicted octanol–water partition coefficient (Wildman–Crippen LogP) is 6.32. The first-order chi connectivity index (χ1) is 16.2. The zero-order valence-electron chi connectivity index (χ0n) is 19.5. The fourth-order valence-electron chi connectivity index (χ4n) is 3.87. The summed E-state index contributed by atoms with van der Waals surface area (Å²) >= 11 is 1.47. The summed E-state index contributed by atoms with van der Waals surface area (Å²) in [7, 11) is 0. The van der Waals surface area contributed by atoms with Crippen molar-refractivity contribution in [1.29, 1.82) is 0 Å². The van der Waals surface area contributed by atoms with Gasteiger partial charge < -0.3 is 15.0 Å². The quantitative estimate of drug-likeness (QED) is 0.474. The molecule has 0 unspecified atom stereocenters. The van der Waals surface area contributed by atoms with Crippen LogP contribution in [0.1, 0.15) is 55.0 Å². The van der Waals surface area contributed by atoms with E-state index in [1.165, 1.54) is 23.5 Å². The van der Waals surface area contributed by atoms with Crippen molar-refractivity contribution in [2.45, 2.75) is 45.1 Å².